The van der Waals surface area contributed by atoms with Crippen molar-refractivity contribution in [2.24, 2.45) is 0 Å². The van der Waals surface area contributed by atoms with Crippen molar-refractivity contribution in [2.45, 2.75) is 24.6 Å². The van der Waals surface area contributed by atoms with Crippen LogP contribution in [0.1, 0.15) is 34.1 Å². The van der Waals surface area contributed by atoms with Crippen molar-refractivity contribution in [3.63, 3.8) is 0 Å². The Balaban J connectivity index is 2.00. The Morgan fingerprint density at radius 3 is 2.50 bits per heavy atom. The van der Waals surface area contributed by atoms with Gasteiger partial charge in [-0.1, -0.05) is 29.8 Å². The second-order valence-corrected chi connectivity index (χ2v) is 5.88. The Bertz CT molecular complexity index is 668. The van der Waals surface area contributed by atoms with E-state index in [2.05, 4.69) is 0 Å². The molecule has 4 heteroatoms. The summed E-state index contributed by atoms with van der Waals surface area (Å²) in [6.45, 7) is 0. The maximum absolute atomic E-state index is 13.9. The standard InChI is InChI=1S/C16H12Cl2F2/c17-13-8-14(19)12(7-15(13)20)16(18)11-5-4-9-2-1-3-10(9)6-11/h4-8,16H,1-3H2. The highest BCUT2D eigenvalue weighted by atomic mass is 35.5. The van der Waals surface area contributed by atoms with Gasteiger partial charge < -0.3 is 0 Å². The number of hydrogen-bond donors (Lipinski definition) is 0. The van der Waals surface area contributed by atoms with Gasteiger partial charge in [-0.05, 0) is 48.1 Å². The lowest BCUT2D eigenvalue weighted by atomic mass is 9.99. The molecule has 1 unspecified atom stereocenters. The molecule has 0 fully saturated rings. The van der Waals surface area contributed by atoms with Gasteiger partial charge in [0, 0.05) is 5.56 Å². The van der Waals surface area contributed by atoms with Crippen LogP contribution in [0.3, 0.4) is 0 Å². The molecule has 1 atom stereocenters. The van der Waals surface area contributed by atoms with Gasteiger partial charge in [-0.25, -0.2) is 8.78 Å². The van der Waals surface area contributed by atoms with Crippen molar-refractivity contribution < 1.29 is 8.78 Å². The average molecular weight is 313 g/mol. The minimum absolute atomic E-state index is 0.117. The molecule has 0 saturated heterocycles. The van der Waals surface area contributed by atoms with Gasteiger partial charge in [0.15, 0.2) is 0 Å². The fraction of sp³-hybridized carbons (Fsp3) is 0.250. The summed E-state index contributed by atoms with van der Waals surface area (Å²) in [5.74, 6) is -1.24. The SMILES string of the molecule is Fc1cc(C(Cl)c2ccc3c(c2)CCC3)c(F)cc1Cl. The van der Waals surface area contributed by atoms with E-state index in [0.29, 0.717) is 0 Å². The van der Waals surface area contributed by atoms with Gasteiger partial charge in [0.25, 0.3) is 0 Å². The number of benzene rings is 2. The summed E-state index contributed by atoms with van der Waals surface area (Å²) in [6, 6.07) is 7.94. The first-order chi connectivity index (χ1) is 9.56. The Morgan fingerprint density at radius 2 is 1.70 bits per heavy atom. The van der Waals surface area contributed by atoms with E-state index in [9.17, 15) is 8.78 Å². The van der Waals surface area contributed by atoms with E-state index in [1.54, 1.807) is 0 Å². The highest BCUT2D eigenvalue weighted by Crippen LogP contribution is 2.35. The molecule has 1 aliphatic rings. The number of alkyl halides is 1. The zero-order valence-electron chi connectivity index (χ0n) is 10.6. The Morgan fingerprint density at radius 1 is 0.950 bits per heavy atom. The van der Waals surface area contributed by atoms with Crippen LogP contribution in [0.15, 0.2) is 30.3 Å². The summed E-state index contributed by atoms with van der Waals surface area (Å²) >= 11 is 11.9. The first kappa shape index (κ1) is 13.8. The molecule has 0 bridgehead atoms. The van der Waals surface area contributed by atoms with E-state index in [1.807, 2.05) is 18.2 Å². The maximum atomic E-state index is 13.9. The Kier molecular flexibility index (Phi) is 3.70. The first-order valence-electron chi connectivity index (χ1n) is 6.46. The van der Waals surface area contributed by atoms with Gasteiger partial charge in [-0.2, -0.15) is 0 Å². The molecule has 0 radical (unpaired) electrons. The number of halogens is 4. The van der Waals surface area contributed by atoms with Crippen LogP contribution in [-0.2, 0) is 12.8 Å². The van der Waals surface area contributed by atoms with E-state index < -0.39 is 17.0 Å². The molecule has 1 aliphatic carbocycles. The molecule has 0 amide bonds. The van der Waals surface area contributed by atoms with Crippen LogP contribution in [-0.4, -0.2) is 0 Å². The van der Waals surface area contributed by atoms with Crippen LogP contribution in [0.4, 0.5) is 8.78 Å². The van der Waals surface area contributed by atoms with Gasteiger partial charge in [0.2, 0.25) is 0 Å². The molecule has 104 valence electrons. The summed E-state index contributed by atoms with van der Waals surface area (Å²) in [5.41, 5.74) is 3.47. The van der Waals surface area contributed by atoms with E-state index in [1.165, 1.54) is 11.1 Å². The summed E-state index contributed by atoms with van der Waals surface area (Å²) in [6.07, 6.45) is 3.23. The van der Waals surface area contributed by atoms with Gasteiger partial charge in [-0.3, -0.25) is 0 Å². The van der Waals surface area contributed by atoms with Crippen LogP contribution in [0, 0.1) is 11.6 Å². The van der Waals surface area contributed by atoms with Gasteiger partial charge in [-0.15, -0.1) is 11.6 Å². The van der Waals surface area contributed by atoms with Crippen LogP contribution in [0.5, 0.6) is 0 Å². The van der Waals surface area contributed by atoms with Crippen molar-refractivity contribution in [2.75, 3.05) is 0 Å². The lowest BCUT2D eigenvalue weighted by Gasteiger charge is -2.13. The summed E-state index contributed by atoms with van der Waals surface area (Å²) in [7, 11) is 0. The second-order valence-electron chi connectivity index (χ2n) is 5.03. The van der Waals surface area contributed by atoms with Gasteiger partial charge in [0.05, 0.1) is 10.4 Å². The predicted molar refractivity (Wildman–Crippen MR) is 77.5 cm³/mol. The number of aryl methyl sites for hydroxylation is 2. The Hall–Kier alpha value is -1.12. The fourth-order valence-corrected chi connectivity index (χ4v) is 3.11. The lowest BCUT2D eigenvalue weighted by molar-refractivity contribution is 0.587. The normalized spacial score (nSPS) is 15.2. The quantitative estimate of drug-likeness (QED) is 0.512. The summed E-state index contributed by atoms with van der Waals surface area (Å²) < 4.78 is 27.4. The first-order valence-corrected chi connectivity index (χ1v) is 7.28. The van der Waals surface area contributed by atoms with Crippen LogP contribution in [0.25, 0.3) is 0 Å². The van der Waals surface area contributed by atoms with Crippen molar-refractivity contribution in [3.05, 3.63) is 69.2 Å². The number of hydrogen-bond acceptors (Lipinski definition) is 0. The van der Waals surface area contributed by atoms with Crippen molar-refractivity contribution in [1.29, 1.82) is 0 Å². The fourth-order valence-electron chi connectivity index (χ4n) is 2.66. The summed E-state index contributed by atoms with van der Waals surface area (Å²) in [4.78, 5) is 0. The third-order valence-electron chi connectivity index (χ3n) is 3.73. The van der Waals surface area contributed by atoms with Crippen LogP contribution < -0.4 is 0 Å². The van der Waals surface area contributed by atoms with Crippen LogP contribution in [0.2, 0.25) is 5.02 Å². The van der Waals surface area contributed by atoms with Crippen LogP contribution >= 0.6 is 23.2 Å². The molecular formula is C16H12Cl2F2. The summed E-state index contributed by atoms with van der Waals surface area (Å²) in [5, 5.41) is -0.947. The molecule has 0 spiro atoms. The third-order valence-corrected chi connectivity index (χ3v) is 4.50. The zero-order chi connectivity index (χ0) is 14.3. The zero-order valence-corrected chi connectivity index (χ0v) is 12.1. The minimum atomic E-state index is -0.715. The number of rotatable bonds is 2. The molecule has 0 aliphatic heterocycles. The molecule has 2 aromatic carbocycles. The average Bonchev–Trinajstić information content (AvgIpc) is 2.89. The molecule has 0 N–H and O–H groups in total. The molecule has 20 heavy (non-hydrogen) atoms. The van der Waals surface area contributed by atoms with E-state index >= 15 is 0 Å². The van der Waals surface area contributed by atoms with E-state index in [-0.39, 0.29) is 10.6 Å². The minimum Gasteiger partial charge on any atom is -0.207 e. The maximum Gasteiger partial charge on any atom is 0.142 e. The van der Waals surface area contributed by atoms with Crippen molar-refractivity contribution in [1.82, 2.24) is 0 Å². The predicted octanol–water partition coefficient (Wildman–Crippen LogP) is 5.44. The highest BCUT2D eigenvalue weighted by Gasteiger charge is 2.20. The molecule has 0 heterocycles. The molecule has 0 saturated carbocycles. The highest BCUT2D eigenvalue weighted by molar-refractivity contribution is 6.30. The third kappa shape index (κ3) is 2.43. The number of fused-ring (bicyclic) bond motifs is 1. The Labute approximate surface area is 126 Å². The molecule has 0 aromatic heterocycles. The molecular weight excluding hydrogens is 301 g/mol. The topological polar surface area (TPSA) is 0 Å². The van der Waals surface area contributed by atoms with Gasteiger partial charge >= 0.3 is 0 Å². The second kappa shape index (κ2) is 5.34. The smallest absolute Gasteiger partial charge is 0.142 e. The lowest BCUT2D eigenvalue weighted by Crippen LogP contribution is -2.00. The molecule has 2 aromatic rings. The molecule has 3 rings (SSSR count). The van der Waals surface area contributed by atoms with Crippen molar-refractivity contribution >= 4 is 23.2 Å². The van der Waals surface area contributed by atoms with Gasteiger partial charge in [0.1, 0.15) is 11.6 Å². The monoisotopic (exact) mass is 312 g/mol. The van der Waals surface area contributed by atoms with Crippen molar-refractivity contribution in [3.8, 4) is 0 Å². The van der Waals surface area contributed by atoms with E-state index in [4.69, 9.17) is 23.2 Å². The van der Waals surface area contributed by atoms with E-state index in [0.717, 1.165) is 37.0 Å². The molecule has 0 nitrogen and oxygen atoms in total. The largest absolute Gasteiger partial charge is 0.207 e.